The molecule has 2 nitrogen and oxygen atoms in total. The first-order chi connectivity index (χ1) is 7.81. The average molecular weight is 259 g/mol. The Kier molecular flexibility index (Phi) is 4.73. The molecule has 2 aliphatic heterocycles. The first-order valence-corrected chi connectivity index (χ1v) is 7.24. The zero-order chi connectivity index (χ0) is 11.0. The van der Waals surface area contributed by atoms with E-state index in [1.807, 2.05) is 0 Å². The summed E-state index contributed by atoms with van der Waals surface area (Å²) in [6.07, 6.45) is 5.94. The fraction of sp³-hybridized carbons (Fsp3) is 1.00. The second-order valence-electron chi connectivity index (χ2n) is 6.52. The number of fused-ring (bicyclic) bond motifs is 1. The first kappa shape index (κ1) is 13.6. The number of rotatable bonds is 2. The van der Waals surface area contributed by atoms with Crippen molar-refractivity contribution in [3.63, 3.8) is 0 Å². The van der Waals surface area contributed by atoms with E-state index in [2.05, 4.69) is 17.1 Å². The molecule has 0 spiro atoms. The van der Waals surface area contributed by atoms with Crippen LogP contribution in [0.5, 0.6) is 0 Å². The largest absolute Gasteiger partial charge is 0.316 e. The van der Waals surface area contributed by atoms with Crippen LogP contribution in [0.3, 0.4) is 0 Å². The topological polar surface area (TPSA) is 15.3 Å². The highest BCUT2D eigenvalue weighted by molar-refractivity contribution is 5.85. The van der Waals surface area contributed by atoms with Gasteiger partial charge in [0.1, 0.15) is 0 Å². The quantitative estimate of drug-likeness (QED) is 0.818. The van der Waals surface area contributed by atoms with E-state index in [0.29, 0.717) is 0 Å². The van der Waals surface area contributed by atoms with E-state index in [1.165, 1.54) is 58.4 Å². The molecule has 2 heterocycles. The molecule has 0 aromatic heterocycles. The van der Waals surface area contributed by atoms with Gasteiger partial charge in [0.15, 0.2) is 0 Å². The summed E-state index contributed by atoms with van der Waals surface area (Å²) in [5, 5.41) is 3.53. The zero-order valence-electron chi connectivity index (χ0n) is 11.0. The Morgan fingerprint density at radius 3 is 2.18 bits per heavy atom. The molecule has 2 saturated heterocycles. The van der Waals surface area contributed by atoms with Gasteiger partial charge in [-0.2, -0.15) is 0 Å². The molecule has 3 rings (SSSR count). The Labute approximate surface area is 112 Å². The van der Waals surface area contributed by atoms with Crippen LogP contribution in [0.4, 0.5) is 0 Å². The highest BCUT2D eigenvalue weighted by Crippen LogP contribution is 2.32. The van der Waals surface area contributed by atoms with Gasteiger partial charge in [-0.3, -0.25) is 0 Å². The Morgan fingerprint density at radius 2 is 1.59 bits per heavy atom. The molecule has 0 bridgehead atoms. The van der Waals surface area contributed by atoms with Crippen molar-refractivity contribution in [3.05, 3.63) is 0 Å². The van der Waals surface area contributed by atoms with Gasteiger partial charge >= 0.3 is 0 Å². The van der Waals surface area contributed by atoms with Crippen molar-refractivity contribution in [1.82, 2.24) is 10.2 Å². The maximum atomic E-state index is 3.53. The van der Waals surface area contributed by atoms with Crippen LogP contribution in [0.15, 0.2) is 0 Å². The number of likely N-dealkylation sites (tertiary alicyclic amines) is 1. The van der Waals surface area contributed by atoms with E-state index in [4.69, 9.17) is 0 Å². The predicted molar refractivity (Wildman–Crippen MR) is 74.7 cm³/mol. The standard InChI is InChI=1S/C14H26N2.ClH/c1-11-2-4-12(5-3-11)8-16-9-13-6-15-7-14(13)10-16;/h11-15H,2-10H2,1H3;1H/t11?,12?,13-,14+;. The lowest BCUT2D eigenvalue weighted by Crippen LogP contribution is -2.32. The molecule has 0 aromatic carbocycles. The van der Waals surface area contributed by atoms with Crippen LogP contribution < -0.4 is 5.32 Å². The summed E-state index contributed by atoms with van der Waals surface area (Å²) in [6, 6.07) is 0. The molecule has 3 aliphatic rings. The van der Waals surface area contributed by atoms with Crippen molar-refractivity contribution in [1.29, 1.82) is 0 Å². The summed E-state index contributed by atoms with van der Waals surface area (Å²) in [5.74, 6) is 3.96. The van der Waals surface area contributed by atoms with E-state index < -0.39 is 0 Å². The maximum absolute atomic E-state index is 3.53. The van der Waals surface area contributed by atoms with Gasteiger partial charge in [0, 0.05) is 19.6 Å². The van der Waals surface area contributed by atoms with E-state index >= 15 is 0 Å². The number of halogens is 1. The second kappa shape index (κ2) is 5.90. The Balaban J connectivity index is 0.00000108. The SMILES string of the molecule is CC1CCC(CN2C[C@H]3CNC[C@H]3C2)CC1.Cl. The smallest absolute Gasteiger partial charge is 0.00257 e. The van der Waals surface area contributed by atoms with Crippen LogP contribution in [0.1, 0.15) is 32.6 Å². The van der Waals surface area contributed by atoms with E-state index in [1.54, 1.807) is 0 Å². The van der Waals surface area contributed by atoms with Crippen molar-refractivity contribution >= 4 is 12.4 Å². The van der Waals surface area contributed by atoms with Crippen LogP contribution >= 0.6 is 12.4 Å². The monoisotopic (exact) mass is 258 g/mol. The van der Waals surface area contributed by atoms with Gasteiger partial charge in [0.25, 0.3) is 0 Å². The number of nitrogens with one attached hydrogen (secondary N) is 1. The predicted octanol–water partition coefficient (Wildman–Crippen LogP) is 2.39. The lowest BCUT2D eigenvalue weighted by Gasteiger charge is -2.30. The molecule has 0 radical (unpaired) electrons. The van der Waals surface area contributed by atoms with Gasteiger partial charge in [-0.05, 0) is 49.6 Å². The molecule has 0 unspecified atom stereocenters. The zero-order valence-corrected chi connectivity index (χ0v) is 11.8. The lowest BCUT2D eigenvalue weighted by atomic mass is 9.83. The molecule has 2 atom stereocenters. The van der Waals surface area contributed by atoms with E-state index in [9.17, 15) is 0 Å². The highest BCUT2D eigenvalue weighted by Gasteiger charge is 2.36. The number of hydrogen-bond donors (Lipinski definition) is 1. The molecular weight excluding hydrogens is 232 g/mol. The summed E-state index contributed by atoms with van der Waals surface area (Å²) < 4.78 is 0. The fourth-order valence-electron chi connectivity index (χ4n) is 3.98. The van der Waals surface area contributed by atoms with Gasteiger partial charge in [0.05, 0.1) is 0 Å². The molecule has 1 N–H and O–H groups in total. The van der Waals surface area contributed by atoms with Crippen LogP contribution in [-0.2, 0) is 0 Å². The van der Waals surface area contributed by atoms with Crippen molar-refractivity contribution in [2.75, 3.05) is 32.7 Å². The van der Waals surface area contributed by atoms with Crippen LogP contribution in [0.25, 0.3) is 0 Å². The Bertz CT molecular complexity index is 226. The molecule has 1 saturated carbocycles. The highest BCUT2D eigenvalue weighted by atomic mass is 35.5. The molecular formula is C14H27ClN2. The van der Waals surface area contributed by atoms with Crippen molar-refractivity contribution in [2.45, 2.75) is 32.6 Å². The normalized spacial score (nSPS) is 42.2. The molecule has 0 aromatic rings. The van der Waals surface area contributed by atoms with Crippen LogP contribution in [0, 0.1) is 23.7 Å². The average Bonchev–Trinajstić information content (AvgIpc) is 2.81. The lowest BCUT2D eigenvalue weighted by molar-refractivity contribution is 0.201. The maximum Gasteiger partial charge on any atom is 0.00257 e. The molecule has 17 heavy (non-hydrogen) atoms. The molecule has 3 heteroatoms. The third kappa shape index (κ3) is 3.15. The Hall–Kier alpha value is 0.210. The molecule has 1 aliphatic carbocycles. The summed E-state index contributed by atoms with van der Waals surface area (Å²) in [4.78, 5) is 2.76. The summed E-state index contributed by atoms with van der Waals surface area (Å²) in [7, 11) is 0. The van der Waals surface area contributed by atoms with Gasteiger partial charge in [-0.15, -0.1) is 12.4 Å². The van der Waals surface area contributed by atoms with Gasteiger partial charge in [-0.25, -0.2) is 0 Å². The minimum Gasteiger partial charge on any atom is -0.316 e. The minimum absolute atomic E-state index is 0. The van der Waals surface area contributed by atoms with Crippen LogP contribution in [-0.4, -0.2) is 37.6 Å². The molecule has 0 amide bonds. The third-order valence-corrected chi connectivity index (χ3v) is 5.12. The van der Waals surface area contributed by atoms with Gasteiger partial charge < -0.3 is 10.2 Å². The summed E-state index contributed by atoms with van der Waals surface area (Å²) in [6.45, 7) is 9.14. The summed E-state index contributed by atoms with van der Waals surface area (Å²) in [5.41, 5.74) is 0. The Morgan fingerprint density at radius 1 is 1.00 bits per heavy atom. The van der Waals surface area contributed by atoms with Crippen molar-refractivity contribution in [2.24, 2.45) is 23.7 Å². The first-order valence-electron chi connectivity index (χ1n) is 7.24. The van der Waals surface area contributed by atoms with Crippen molar-refractivity contribution < 1.29 is 0 Å². The second-order valence-corrected chi connectivity index (χ2v) is 6.52. The van der Waals surface area contributed by atoms with E-state index in [-0.39, 0.29) is 12.4 Å². The molecule has 3 fully saturated rings. The molecule has 100 valence electrons. The third-order valence-electron chi connectivity index (χ3n) is 5.12. The minimum atomic E-state index is 0. The van der Waals surface area contributed by atoms with Gasteiger partial charge in [-0.1, -0.05) is 19.8 Å². The number of hydrogen-bond acceptors (Lipinski definition) is 2. The van der Waals surface area contributed by atoms with Gasteiger partial charge in [0.2, 0.25) is 0 Å². The number of nitrogens with zero attached hydrogens (tertiary/aromatic N) is 1. The van der Waals surface area contributed by atoms with E-state index in [0.717, 1.165) is 23.7 Å². The van der Waals surface area contributed by atoms with Crippen molar-refractivity contribution in [3.8, 4) is 0 Å². The van der Waals surface area contributed by atoms with Crippen LogP contribution in [0.2, 0.25) is 0 Å². The fourth-order valence-corrected chi connectivity index (χ4v) is 3.98. The summed E-state index contributed by atoms with van der Waals surface area (Å²) >= 11 is 0.